The number of ether oxygens (including phenoxy) is 1. The molecular weight excluding hydrogens is 691 g/mol. The zero-order chi connectivity index (χ0) is 34.5. The van der Waals surface area contributed by atoms with Gasteiger partial charge in [-0.05, 0) is 43.0 Å². The molecule has 1 saturated carbocycles. The molecule has 0 N–H and O–H groups in total. The molecule has 3 aromatic rings. The fourth-order valence-corrected chi connectivity index (χ4v) is 9.49. The zero-order valence-electron chi connectivity index (χ0n) is 27.1. The molecule has 0 atom stereocenters. The van der Waals surface area contributed by atoms with Gasteiger partial charge >= 0.3 is 0 Å². The Balaban J connectivity index is 1.65. The second kappa shape index (κ2) is 13.0. The van der Waals surface area contributed by atoms with Crippen LogP contribution in [-0.2, 0) is 32.0 Å². The van der Waals surface area contributed by atoms with Crippen molar-refractivity contribution < 1.29 is 30.4 Å². The summed E-state index contributed by atoms with van der Waals surface area (Å²) in [6.45, 7) is 6.80. The Kier molecular flexibility index (Phi) is 9.82. The highest BCUT2D eigenvalue weighted by molar-refractivity contribution is 7.89. The molecule has 47 heavy (non-hydrogen) atoms. The van der Waals surface area contributed by atoms with Gasteiger partial charge in [-0.15, -0.1) is 10.2 Å². The van der Waals surface area contributed by atoms with Crippen molar-refractivity contribution in [2.45, 2.75) is 61.8 Å². The number of rotatable bonds is 13. The molecule has 13 nitrogen and oxygen atoms in total. The maximum atomic E-state index is 14.5. The molecule has 2 aliphatic rings. The van der Waals surface area contributed by atoms with E-state index in [-0.39, 0.29) is 41.8 Å². The summed E-state index contributed by atoms with van der Waals surface area (Å²) in [5, 5.41) is 22.1. The molecule has 0 radical (unpaired) electrons. The summed E-state index contributed by atoms with van der Waals surface area (Å²) in [7, 11) is -4.96. The van der Waals surface area contributed by atoms with Crippen molar-refractivity contribution in [3.05, 3.63) is 28.8 Å². The van der Waals surface area contributed by atoms with Crippen LogP contribution in [0.5, 0.6) is 0 Å². The molecule has 19 heteroatoms. The first-order valence-corrected chi connectivity index (χ1v) is 22.3. The lowest BCUT2D eigenvalue weighted by Gasteiger charge is -2.29. The Hall–Kier alpha value is -2.70. The van der Waals surface area contributed by atoms with Crippen molar-refractivity contribution in [3.8, 4) is 16.8 Å². The standard InChI is InChI=1S/C28H38F2N8O5S3Si/c1-35(2)46(41,42)37-11-7-19(8-12-37)21-15-20(16-22-23(34-36(3)24(21)22)26-32-33-27(44-26)25(29)30)45(39,40)38(28(17-31)9-10-28)18-43-13-14-47(4,5)6/h7,15-16,25H,8-14,18H2,1-6H3. The number of benzene rings is 1. The molecule has 256 valence electrons. The minimum atomic E-state index is -4.35. The predicted molar refractivity (Wildman–Crippen MR) is 177 cm³/mol. The molecule has 0 spiro atoms. The number of nitrogens with zero attached hydrogens (tertiary/aromatic N) is 8. The minimum Gasteiger partial charge on any atom is -0.365 e. The third kappa shape index (κ3) is 7.06. The van der Waals surface area contributed by atoms with E-state index in [2.05, 4.69) is 41.0 Å². The summed E-state index contributed by atoms with van der Waals surface area (Å²) in [6.07, 6.45) is -0.124. The Morgan fingerprint density at radius 1 is 1.17 bits per heavy atom. The first-order valence-electron chi connectivity index (χ1n) is 14.9. The summed E-state index contributed by atoms with van der Waals surface area (Å²) < 4.78 is 92.4. The smallest absolute Gasteiger partial charge is 0.291 e. The van der Waals surface area contributed by atoms with Gasteiger partial charge in [0.05, 0.1) is 16.5 Å². The van der Waals surface area contributed by atoms with Crippen LogP contribution < -0.4 is 0 Å². The van der Waals surface area contributed by atoms with Gasteiger partial charge in [0.25, 0.3) is 16.6 Å². The molecule has 0 amide bonds. The highest BCUT2D eigenvalue weighted by Gasteiger charge is 2.54. The van der Waals surface area contributed by atoms with Crippen LogP contribution >= 0.6 is 11.3 Å². The van der Waals surface area contributed by atoms with Gasteiger partial charge in [-0.3, -0.25) is 4.68 Å². The summed E-state index contributed by atoms with van der Waals surface area (Å²) in [4.78, 5) is -0.132. The van der Waals surface area contributed by atoms with E-state index in [0.29, 0.717) is 52.8 Å². The van der Waals surface area contributed by atoms with Crippen LogP contribution in [0.25, 0.3) is 27.2 Å². The Morgan fingerprint density at radius 2 is 1.87 bits per heavy atom. The molecule has 0 bridgehead atoms. The lowest BCUT2D eigenvalue weighted by molar-refractivity contribution is 0.0660. The number of nitriles is 1. The van der Waals surface area contributed by atoms with Crippen molar-refractivity contribution in [1.82, 2.24) is 32.9 Å². The molecular formula is C28H38F2N8O5S3Si. The molecule has 0 unspecified atom stereocenters. The van der Waals surface area contributed by atoms with Crippen molar-refractivity contribution in [2.24, 2.45) is 7.05 Å². The quantitative estimate of drug-likeness (QED) is 0.143. The number of aromatic nitrogens is 4. The van der Waals surface area contributed by atoms with Gasteiger partial charge in [0.1, 0.15) is 18.0 Å². The summed E-state index contributed by atoms with van der Waals surface area (Å²) in [5.41, 5.74) is 0.627. The first-order chi connectivity index (χ1) is 21.9. The summed E-state index contributed by atoms with van der Waals surface area (Å²) >= 11 is 0.662. The second-order valence-corrected chi connectivity index (χ2v) is 23.7. The highest BCUT2D eigenvalue weighted by Crippen LogP contribution is 2.45. The van der Waals surface area contributed by atoms with Crippen molar-refractivity contribution >= 4 is 56.1 Å². The first kappa shape index (κ1) is 35.6. The second-order valence-electron chi connectivity index (χ2n) is 13.1. The van der Waals surface area contributed by atoms with Crippen LogP contribution in [-0.4, -0.2) is 104 Å². The van der Waals surface area contributed by atoms with Crippen molar-refractivity contribution in [1.29, 1.82) is 5.26 Å². The zero-order valence-corrected chi connectivity index (χ0v) is 30.5. The number of hydrogen-bond donors (Lipinski definition) is 0. The van der Waals surface area contributed by atoms with E-state index in [1.165, 1.54) is 35.2 Å². The minimum absolute atomic E-state index is 0.0573. The van der Waals surface area contributed by atoms with Crippen LogP contribution in [0, 0.1) is 11.3 Å². The largest absolute Gasteiger partial charge is 0.365 e. The topological polar surface area (TPSA) is 155 Å². The van der Waals surface area contributed by atoms with Gasteiger partial charge in [0, 0.05) is 59.9 Å². The van der Waals surface area contributed by atoms with Crippen LogP contribution in [0.1, 0.15) is 36.3 Å². The molecule has 2 aromatic heterocycles. The molecule has 1 aromatic carbocycles. The molecule has 1 aliphatic carbocycles. The maximum absolute atomic E-state index is 14.5. The molecule has 3 heterocycles. The van der Waals surface area contributed by atoms with E-state index in [4.69, 9.17) is 4.74 Å². The average Bonchev–Trinajstić information content (AvgIpc) is 3.48. The fraction of sp³-hybridized carbons (Fsp3) is 0.571. The molecule has 0 saturated heterocycles. The van der Waals surface area contributed by atoms with Gasteiger partial charge in [0.15, 0.2) is 10.0 Å². The Bertz CT molecular complexity index is 1960. The van der Waals surface area contributed by atoms with E-state index >= 15 is 0 Å². The average molecular weight is 729 g/mol. The number of hydrogen-bond acceptors (Lipinski definition) is 10. The van der Waals surface area contributed by atoms with Crippen LogP contribution in [0.4, 0.5) is 8.78 Å². The van der Waals surface area contributed by atoms with Crippen molar-refractivity contribution in [2.75, 3.05) is 40.5 Å². The lowest BCUT2D eigenvalue weighted by atomic mass is 9.97. The number of halogens is 2. The maximum Gasteiger partial charge on any atom is 0.291 e. The highest BCUT2D eigenvalue weighted by atomic mass is 32.2. The number of alkyl halides is 2. The van der Waals surface area contributed by atoms with E-state index in [9.17, 15) is 30.9 Å². The molecule has 5 rings (SSSR count). The van der Waals surface area contributed by atoms with Gasteiger partial charge < -0.3 is 4.74 Å². The van der Waals surface area contributed by atoms with E-state index in [1.54, 1.807) is 13.1 Å². The normalized spacial score (nSPS) is 17.5. The third-order valence-electron chi connectivity index (χ3n) is 8.25. The number of sulfonamides is 1. The summed E-state index contributed by atoms with van der Waals surface area (Å²) in [5.74, 6) is 0. The predicted octanol–water partition coefficient (Wildman–Crippen LogP) is 4.28. The van der Waals surface area contributed by atoms with Gasteiger partial charge in [-0.25, -0.2) is 17.2 Å². The third-order valence-corrected chi connectivity index (χ3v) is 14.7. The van der Waals surface area contributed by atoms with Crippen LogP contribution in [0.3, 0.4) is 0 Å². The number of fused-ring (bicyclic) bond motifs is 1. The monoisotopic (exact) mass is 728 g/mol. The Labute approximate surface area is 278 Å². The van der Waals surface area contributed by atoms with Crippen LogP contribution in [0.15, 0.2) is 23.1 Å². The molecule has 1 fully saturated rings. The summed E-state index contributed by atoms with van der Waals surface area (Å²) in [6, 6.07) is 5.93. The van der Waals surface area contributed by atoms with Crippen LogP contribution in [0.2, 0.25) is 25.7 Å². The van der Waals surface area contributed by atoms with E-state index in [1.807, 2.05) is 0 Å². The fourth-order valence-electron chi connectivity index (χ4n) is 5.31. The lowest BCUT2D eigenvalue weighted by Crippen LogP contribution is -2.43. The van der Waals surface area contributed by atoms with E-state index in [0.717, 1.165) is 14.7 Å². The van der Waals surface area contributed by atoms with E-state index < -0.39 is 45.3 Å². The molecule has 1 aliphatic heterocycles. The van der Waals surface area contributed by atoms with Crippen molar-refractivity contribution in [3.63, 3.8) is 0 Å². The van der Waals surface area contributed by atoms with Gasteiger partial charge in [-0.1, -0.05) is 37.1 Å². The SMILES string of the molecule is CN(C)S(=O)(=O)N1CC=C(c2cc(S(=O)(=O)N(COCC[Si](C)(C)C)C3(C#N)CC3)cc3c(-c4nnc(C(F)F)s4)nn(C)c23)CC1. The van der Waals surface area contributed by atoms with Gasteiger partial charge in [-0.2, -0.15) is 31.7 Å². The Morgan fingerprint density at radius 3 is 2.40 bits per heavy atom. The number of aryl methyl sites for hydroxylation is 1. The van der Waals surface area contributed by atoms with Gasteiger partial charge in [0.2, 0.25) is 10.0 Å².